The van der Waals surface area contributed by atoms with Crippen molar-refractivity contribution >= 4 is 17.7 Å². The average molecular weight is 386 g/mol. The highest BCUT2D eigenvalue weighted by molar-refractivity contribution is 5.89. The molecule has 28 heavy (non-hydrogen) atoms. The number of carbonyl (C=O) groups excluding carboxylic acids is 3. The van der Waals surface area contributed by atoms with Crippen LogP contribution in [0.5, 0.6) is 0 Å². The van der Waals surface area contributed by atoms with Crippen LogP contribution in [0.25, 0.3) is 0 Å². The van der Waals surface area contributed by atoms with Gasteiger partial charge < -0.3 is 14.7 Å². The molecule has 0 bridgehead atoms. The van der Waals surface area contributed by atoms with Crippen molar-refractivity contribution in [3.8, 4) is 0 Å². The van der Waals surface area contributed by atoms with Gasteiger partial charge in [0.1, 0.15) is 0 Å². The molecule has 2 aliphatic rings. The molecule has 2 aliphatic heterocycles. The molecule has 3 amide bonds. The first-order valence-electron chi connectivity index (χ1n) is 10.2. The monoisotopic (exact) mass is 385 g/mol. The molecule has 152 valence electrons. The van der Waals surface area contributed by atoms with Crippen LogP contribution in [-0.4, -0.2) is 70.7 Å². The van der Waals surface area contributed by atoms with Crippen LogP contribution in [0.15, 0.2) is 30.3 Å². The van der Waals surface area contributed by atoms with Gasteiger partial charge in [-0.3, -0.25) is 14.4 Å². The normalized spacial score (nSPS) is 20.6. The highest BCUT2D eigenvalue weighted by Crippen LogP contribution is 2.27. The van der Waals surface area contributed by atoms with Gasteiger partial charge in [-0.05, 0) is 32.8 Å². The number of hydrogen-bond acceptors (Lipinski definition) is 3. The van der Waals surface area contributed by atoms with E-state index in [2.05, 4.69) is 0 Å². The van der Waals surface area contributed by atoms with Gasteiger partial charge in [0.05, 0.1) is 5.92 Å². The standard InChI is InChI=1S/C22H31N3O3/c1-22(2,3)25-16-18(15-20(25)27)21(28)24-13-11-23(12-14-24)19(26)10-9-17-7-5-4-6-8-17/h4-8,18H,9-16H2,1-3H3. The minimum Gasteiger partial charge on any atom is -0.339 e. The Morgan fingerprint density at radius 1 is 1.00 bits per heavy atom. The Labute approximate surface area is 167 Å². The lowest BCUT2D eigenvalue weighted by Gasteiger charge is -2.36. The van der Waals surface area contributed by atoms with Crippen molar-refractivity contribution in [1.29, 1.82) is 0 Å². The predicted molar refractivity (Wildman–Crippen MR) is 107 cm³/mol. The van der Waals surface area contributed by atoms with Crippen LogP contribution in [0.4, 0.5) is 0 Å². The maximum atomic E-state index is 12.8. The van der Waals surface area contributed by atoms with Crippen LogP contribution in [0, 0.1) is 5.92 Å². The Bertz CT molecular complexity index is 718. The molecule has 2 fully saturated rings. The molecule has 0 radical (unpaired) electrons. The average Bonchev–Trinajstić information content (AvgIpc) is 3.08. The molecule has 0 aliphatic carbocycles. The number of likely N-dealkylation sites (tertiary alicyclic amines) is 1. The SMILES string of the molecule is CC(C)(C)N1CC(C(=O)N2CCN(C(=O)CCc3ccccc3)CC2)CC1=O. The van der Waals surface area contributed by atoms with E-state index in [1.807, 2.05) is 60.9 Å². The van der Waals surface area contributed by atoms with Crippen LogP contribution in [0.3, 0.4) is 0 Å². The van der Waals surface area contributed by atoms with Crippen molar-refractivity contribution in [1.82, 2.24) is 14.7 Å². The summed E-state index contributed by atoms with van der Waals surface area (Å²) in [6.45, 7) is 8.74. The van der Waals surface area contributed by atoms with Gasteiger partial charge in [0, 0.05) is 51.1 Å². The Morgan fingerprint density at radius 2 is 1.61 bits per heavy atom. The molecule has 0 spiro atoms. The smallest absolute Gasteiger partial charge is 0.228 e. The van der Waals surface area contributed by atoms with Gasteiger partial charge in [0.25, 0.3) is 0 Å². The van der Waals surface area contributed by atoms with E-state index in [1.165, 1.54) is 5.56 Å². The summed E-state index contributed by atoms with van der Waals surface area (Å²) < 4.78 is 0. The lowest BCUT2D eigenvalue weighted by molar-refractivity contribution is -0.142. The topological polar surface area (TPSA) is 60.9 Å². The molecule has 1 unspecified atom stereocenters. The fourth-order valence-electron chi connectivity index (χ4n) is 4.01. The Hall–Kier alpha value is -2.37. The Balaban J connectivity index is 1.46. The summed E-state index contributed by atoms with van der Waals surface area (Å²) >= 11 is 0. The summed E-state index contributed by atoms with van der Waals surface area (Å²) in [5.74, 6) is -0.00461. The quantitative estimate of drug-likeness (QED) is 0.796. The van der Waals surface area contributed by atoms with Gasteiger partial charge in [0.2, 0.25) is 17.7 Å². The van der Waals surface area contributed by atoms with Gasteiger partial charge >= 0.3 is 0 Å². The zero-order valence-electron chi connectivity index (χ0n) is 17.2. The summed E-state index contributed by atoms with van der Waals surface area (Å²) in [5.41, 5.74) is 0.912. The van der Waals surface area contributed by atoms with Gasteiger partial charge in [0.15, 0.2) is 0 Å². The molecule has 3 rings (SSSR count). The van der Waals surface area contributed by atoms with E-state index in [4.69, 9.17) is 0 Å². The zero-order chi connectivity index (χ0) is 20.3. The molecule has 0 aromatic heterocycles. The highest BCUT2D eigenvalue weighted by atomic mass is 16.2. The van der Waals surface area contributed by atoms with E-state index in [0.717, 1.165) is 6.42 Å². The molecular weight excluding hydrogens is 354 g/mol. The molecule has 2 heterocycles. The van der Waals surface area contributed by atoms with Crippen molar-refractivity contribution in [3.63, 3.8) is 0 Å². The number of benzene rings is 1. The Morgan fingerprint density at radius 3 is 2.18 bits per heavy atom. The van der Waals surface area contributed by atoms with E-state index in [9.17, 15) is 14.4 Å². The fraction of sp³-hybridized carbons (Fsp3) is 0.591. The molecule has 2 saturated heterocycles. The molecule has 1 atom stereocenters. The molecular formula is C22H31N3O3. The number of carbonyl (C=O) groups is 3. The van der Waals surface area contributed by atoms with E-state index in [0.29, 0.717) is 45.6 Å². The van der Waals surface area contributed by atoms with Crippen molar-refractivity contribution < 1.29 is 14.4 Å². The zero-order valence-corrected chi connectivity index (χ0v) is 17.2. The third kappa shape index (κ3) is 4.72. The molecule has 1 aromatic carbocycles. The van der Waals surface area contributed by atoms with Gasteiger partial charge in [-0.25, -0.2) is 0 Å². The predicted octanol–water partition coefficient (Wildman–Crippen LogP) is 1.94. The summed E-state index contributed by atoms with van der Waals surface area (Å²) in [4.78, 5) is 43.1. The number of hydrogen-bond donors (Lipinski definition) is 0. The maximum absolute atomic E-state index is 12.8. The third-order valence-corrected chi connectivity index (χ3v) is 5.70. The molecule has 0 saturated carbocycles. The van der Waals surface area contributed by atoms with Crippen LogP contribution in [-0.2, 0) is 20.8 Å². The molecule has 0 N–H and O–H groups in total. The Kier molecular flexibility index (Phi) is 6.06. The molecule has 6 nitrogen and oxygen atoms in total. The second-order valence-electron chi connectivity index (χ2n) is 8.77. The van der Waals surface area contributed by atoms with E-state index >= 15 is 0 Å². The minimum absolute atomic E-state index is 0.0523. The first-order valence-corrected chi connectivity index (χ1v) is 10.2. The number of rotatable bonds is 4. The van der Waals surface area contributed by atoms with Crippen molar-refractivity contribution in [3.05, 3.63) is 35.9 Å². The largest absolute Gasteiger partial charge is 0.339 e. The first kappa shape index (κ1) is 20.4. The van der Waals surface area contributed by atoms with E-state index in [1.54, 1.807) is 4.90 Å². The summed E-state index contributed by atoms with van der Waals surface area (Å²) in [5, 5.41) is 0. The van der Waals surface area contributed by atoms with Gasteiger partial charge in [-0.15, -0.1) is 0 Å². The third-order valence-electron chi connectivity index (χ3n) is 5.70. The van der Waals surface area contributed by atoms with Gasteiger partial charge in [-0.2, -0.15) is 0 Å². The number of nitrogens with zero attached hydrogens (tertiary/aromatic N) is 3. The second kappa shape index (κ2) is 8.33. The van der Waals surface area contributed by atoms with Crippen LogP contribution >= 0.6 is 0 Å². The summed E-state index contributed by atoms with van der Waals surface area (Å²) in [6, 6.07) is 10.0. The van der Waals surface area contributed by atoms with Crippen LogP contribution < -0.4 is 0 Å². The number of aryl methyl sites for hydroxylation is 1. The lowest BCUT2D eigenvalue weighted by Crippen LogP contribution is -2.52. The molecule has 1 aromatic rings. The van der Waals surface area contributed by atoms with Crippen LogP contribution in [0.2, 0.25) is 0 Å². The van der Waals surface area contributed by atoms with Crippen molar-refractivity contribution in [2.24, 2.45) is 5.92 Å². The van der Waals surface area contributed by atoms with E-state index < -0.39 is 0 Å². The number of piperazine rings is 1. The summed E-state index contributed by atoms with van der Waals surface area (Å²) in [6.07, 6.45) is 1.54. The second-order valence-corrected chi connectivity index (χ2v) is 8.77. The number of amides is 3. The highest BCUT2D eigenvalue weighted by Gasteiger charge is 2.41. The fourth-order valence-corrected chi connectivity index (χ4v) is 4.01. The maximum Gasteiger partial charge on any atom is 0.228 e. The van der Waals surface area contributed by atoms with Crippen molar-refractivity contribution in [2.45, 2.75) is 45.6 Å². The first-order chi connectivity index (χ1) is 13.3. The van der Waals surface area contributed by atoms with Crippen LogP contribution in [0.1, 0.15) is 39.2 Å². The lowest BCUT2D eigenvalue weighted by atomic mass is 10.1. The summed E-state index contributed by atoms with van der Waals surface area (Å²) in [7, 11) is 0. The van der Waals surface area contributed by atoms with Gasteiger partial charge in [-0.1, -0.05) is 30.3 Å². The van der Waals surface area contributed by atoms with Crippen molar-refractivity contribution in [2.75, 3.05) is 32.7 Å². The minimum atomic E-state index is -0.257. The molecule has 6 heteroatoms. The van der Waals surface area contributed by atoms with E-state index in [-0.39, 0.29) is 29.2 Å².